The van der Waals surface area contributed by atoms with Crippen LogP contribution in [0.4, 0.5) is 4.79 Å². The van der Waals surface area contributed by atoms with Crippen molar-refractivity contribution >= 4 is 33.8 Å². The summed E-state index contributed by atoms with van der Waals surface area (Å²) in [7, 11) is -3.82. The highest BCUT2D eigenvalue weighted by atomic mass is 35.5. The van der Waals surface area contributed by atoms with E-state index in [1.807, 2.05) is 36.4 Å². The number of carbonyl (C=O) groups is 1. The van der Waals surface area contributed by atoms with Gasteiger partial charge in [-0.15, -0.1) is 0 Å². The van der Waals surface area contributed by atoms with E-state index in [1.165, 1.54) is 33.5 Å². The molecule has 3 rings (SSSR count). The van der Waals surface area contributed by atoms with E-state index in [2.05, 4.69) is 0 Å². The summed E-state index contributed by atoms with van der Waals surface area (Å²) in [4.78, 5) is 12.8. The summed E-state index contributed by atoms with van der Waals surface area (Å²) in [5.74, 6) is 0. The average molecular weight is 435 g/mol. The number of carboxylic acid groups (broad SMARTS) is 1. The molecule has 0 saturated carbocycles. The van der Waals surface area contributed by atoms with Crippen LogP contribution in [0.25, 0.3) is 6.08 Å². The van der Waals surface area contributed by atoms with Crippen molar-refractivity contribution in [3.8, 4) is 0 Å². The molecule has 1 fully saturated rings. The predicted octanol–water partition coefficient (Wildman–Crippen LogP) is 4.19. The van der Waals surface area contributed by atoms with Crippen molar-refractivity contribution in [3.05, 3.63) is 71.3 Å². The molecule has 1 aliphatic rings. The van der Waals surface area contributed by atoms with Gasteiger partial charge in [-0.3, -0.25) is 0 Å². The van der Waals surface area contributed by atoms with E-state index >= 15 is 0 Å². The summed E-state index contributed by atoms with van der Waals surface area (Å²) in [5, 5.41) is 9.80. The molecule has 1 heterocycles. The Hall–Kier alpha value is -2.35. The topological polar surface area (TPSA) is 77.9 Å². The molecule has 0 radical (unpaired) electrons. The Labute approximate surface area is 176 Å². The first-order valence-electron chi connectivity index (χ1n) is 9.35. The van der Waals surface area contributed by atoms with Crippen molar-refractivity contribution in [2.24, 2.45) is 0 Å². The minimum atomic E-state index is -3.82. The highest BCUT2D eigenvalue weighted by Crippen LogP contribution is 2.25. The second-order valence-corrected chi connectivity index (χ2v) is 9.19. The lowest BCUT2D eigenvalue weighted by molar-refractivity contribution is 0.114. The molecule has 8 heteroatoms. The zero-order chi connectivity index (χ0) is 20.9. The second-order valence-electron chi connectivity index (χ2n) is 6.87. The highest BCUT2D eigenvalue weighted by Gasteiger charge is 2.34. The van der Waals surface area contributed by atoms with Gasteiger partial charge in [-0.25, -0.2) is 13.2 Å². The van der Waals surface area contributed by atoms with Crippen molar-refractivity contribution < 1.29 is 18.3 Å². The molecule has 29 heavy (non-hydrogen) atoms. The Balaban J connectivity index is 1.89. The molecule has 2 aromatic carbocycles. The third kappa shape index (κ3) is 5.38. The smallest absolute Gasteiger partial charge is 0.407 e. The van der Waals surface area contributed by atoms with Gasteiger partial charge >= 0.3 is 6.09 Å². The number of hydrogen-bond donors (Lipinski definition) is 1. The Morgan fingerprint density at radius 2 is 1.86 bits per heavy atom. The zero-order valence-corrected chi connectivity index (χ0v) is 17.4. The third-order valence-corrected chi connectivity index (χ3v) is 7.07. The molecule has 1 N–H and O–H groups in total. The Morgan fingerprint density at radius 3 is 2.52 bits per heavy atom. The molecule has 154 valence electrons. The standard InChI is InChI=1S/C21H23ClN2O4S/c22-18-10-12-20(13-11-18)29(27,28)24(15-4-8-17-6-2-1-3-7-17)19-9-5-14-23(16-19)21(25)26/h1-4,6-8,10-13,19H,5,9,14-16H2,(H,25,26). The van der Waals surface area contributed by atoms with Crippen LogP contribution in [0.15, 0.2) is 65.6 Å². The fraction of sp³-hybridized carbons (Fsp3) is 0.286. The van der Waals surface area contributed by atoms with Crippen LogP contribution in [-0.2, 0) is 10.0 Å². The van der Waals surface area contributed by atoms with Crippen LogP contribution in [-0.4, -0.2) is 54.5 Å². The number of amides is 1. The van der Waals surface area contributed by atoms with Gasteiger partial charge < -0.3 is 10.0 Å². The molecule has 6 nitrogen and oxygen atoms in total. The SMILES string of the molecule is O=C(O)N1CCCC(N(CC=Cc2ccccc2)S(=O)(=O)c2ccc(Cl)cc2)C1. The lowest BCUT2D eigenvalue weighted by Gasteiger charge is -2.37. The Bertz CT molecular complexity index is 962. The highest BCUT2D eigenvalue weighted by molar-refractivity contribution is 7.89. The van der Waals surface area contributed by atoms with Crippen LogP contribution in [0.1, 0.15) is 18.4 Å². The van der Waals surface area contributed by atoms with Crippen molar-refractivity contribution in [1.29, 1.82) is 0 Å². The zero-order valence-electron chi connectivity index (χ0n) is 15.8. The minimum absolute atomic E-state index is 0.141. The lowest BCUT2D eigenvalue weighted by Crippen LogP contribution is -2.51. The summed E-state index contributed by atoms with van der Waals surface area (Å²) >= 11 is 5.90. The van der Waals surface area contributed by atoms with Crippen LogP contribution < -0.4 is 0 Å². The molecule has 0 aromatic heterocycles. The molecule has 1 saturated heterocycles. The van der Waals surface area contributed by atoms with Gasteiger partial charge in [0.2, 0.25) is 10.0 Å². The van der Waals surface area contributed by atoms with Gasteiger partial charge in [0.15, 0.2) is 0 Å². The van der Waals surface area contributed by atoms with E-state index in [9.17, 15) is 18.3 Å². The number of benzene rings is 2. The van der Waals surface area contributed by atoms with E-state index in [0.717, 1.165) is 5.56 Å². The molecule has 1 unspecified atom stereocenters. The van der Waals surface area contributed by atoms with E-state index < -0.39 is 22.2 Å². The summed E-state index contributed by atoms with van der Waals surface area (Å²) in [6.07, 6.45) is 3.85. The molecule has 1 aliphatic heterocycles. The molecular formula is C21H23ClN2O4S. The van der Waals surface area contributed by atoms with E-state index in [-0.39, 0.29) is 18.0 Å². The Morgan fingerprint density at radius 1 is 1.17 bits per heavy atom. The first kappa shape index (κ1) is 21.4. The number of sulfonamides is 1. The molecule has 2 aromatic rings. The first-order chi connectivity index (χ1) is 13.9. The second kappa shape index (κ2) is 9.43. The summed E-state index contributed by atoms with van der Waals surface area (Å²) in [6, 6.07) is 15.2. The normalized spacial score (nSPS) is 17.7. The fourth-order valence-corrected chi connectivity index (χ4v) is 5.13. The maximum absolute atomic E-state index is 13.3. The molecule has 0 bridgehead atoms. The molecule has 1 amide bonds. The summed E-state index contributed by atoms with van der Waals surface area (Å²) < 4.78 is 28.1. The van der Waals surface area contributed by atoms with Crippen LogP contribution in [0.3, 0.4) is 0 Å². The number of piperidine rings is 1. The largest absolute Gasteiger partial charge is 0.465 e. The van der Waals surface area contributed by atoms with Crippen LogP contribution in [0.2, 0.25) is 5.02 Å². The van der Waals surface area contributed by atoms with Gasteiger partial charge in [-0.05, 0) is 42.7 Å². The van der Waals surface area contributed by atoms with Crippen molar-refractivity contribution in [3.63, 3.8) is 0 Å². The van der Waals surface area contributed by atoms with Crippen LogP contribution in [0.5, 0.6) is 0 Å². The van der Waals surface area contributed by atoms with Crippen molar-refractivity contribution in [1.82, 2.24) is 9.21 Å². The monoisotopic (exact) mass is 434 g/mol. The average Bonchev–Trinajstić information content (AvgIpc) is 2.72. The molecule has 0 aliphatic carbocycles. The number of hydrogen-bond acceptors (Lipinski definition) is 3. The summed E-state index contributed by atoms with van der Waals surface area (Å²) in [5.41, 5.74) is 0.965. The Kier molecular flexibility index (Phi) is 6.95. The molecular weight excluding hydrogens is 412 g/mol. The minimum Gasteiger partial charge on any atom is -0.465 e. The number of halogens is 1. The molecule has 1 atom stereocenters. The maximum atomic E-state index is 13.3. The van der Waals surface area contributed by atoms with Crippen molar-refractivity contribution in [2.75, 3.05) is 19.6 Å². The fourth-order valence-electron chi connectivity index (χ4n) is 3.41. The van der Waals surface area contributed by atoms with Gasteiger partial charge in [0, 0.05) is 30.7 Å². The lowest BCUT2D eigenvalue weighted by atomic mass is 10.1. The van der Waals surface area contributed by atoms with Gasteiger partial charge in [0.25, 0.3) is 0 Å². The third-order valence-electron chi connectivity index (χ3n) is 4.89. The van der Waals surface area contributed by atoms with E-state index in [0.29, 0.717) is 24.4 Å². The molecule has 0 spiro atoms. The maximum Gasteiger partial charge on any atom is 0.407 e. The van der Waals surface area contributed by atoms with E-state index in [1.54, 1.807) is 6.08 Å². The number of nitrogens with zero attached hydrogens (tertiary/aromatic N) is 2. The quantitative estimate of drug-likeness (QED) is 0.739. The van der Waals surface area contributed by atoms with Gasteiger partial charge in [0.05, 0.1) is 4.90 Å². The first-order valence-corrected chi connectivity index (χ1v) is 11.2. The van der Waals surface area contributed by atoms with Gasteiger partial charge in [-0.1, -0.05) is 54.1 Å². The van der Waals surface area contributed by atoms with Crippen LogP contribution >= 0.6 is 11.6 Å². The van der Waals surface area contributed by atoms with Gasteiger partial charge in [-0.2, -0.15) is 4.31 Å². The van der Waals surface area contributed by atoms with E-state index in [4.69, 9.17) is 11.6 Å². The predicted molar refractivity (Wildman–Crippen MR) is 113 cm³/mol. The van der Waals surface area contributed by atoms with Crippen LogP contribution in [0, 0.1) is 0 Å². The number of likely N-dealkylation sites (tertiary alicyclic amines) is 1. The van der Waals surface area contributed by atoms with Crippen molar-refractivity contribution in [2.45, 2.75) is 23.8 Å². The summed E-state index contributed by atoms with van der Waals surface area (Å²) in [6.45, 7) is 0.722. The van der Waals surface area contributed by atoms with Gasteiger partial charge in [0.1, 0.15) is 0 Å². The number of rotatable bonds is 6.